The molecule has 2 N–H and O–H groups in total. The van der Waals surface area contributed by atoms with Gasteiger partial charge in [-0.1, -0.05) is 27.2 Å². The molecule has 1 fully saturated rings. The van der Waals surface area contributed by atoms with Crippen LogP contribution in [0, 0.1) is 5.92 Å². The molecule has 102 valence electrons. The Kier molecular flexibility index (Phi) is 6.32. The van der Waals surface area contributed by atoms with Crippen LogP contribution in [-0.4, -0.2) is 41.6 Å². The lowest BCUT2D eigenvalue weighted by Gasteiger charge is -2.45. The van der Waals surface area contributed by atoms with Crippen LogP contribution in [0.25, 0.3) is 0 Å². The minimum absolute atomic E-state index is 0.227. The number of hydrogen-bond donors (Lipinski definition) is 1. The summed E-state index contributed by atoms with van der Waals surface area (Å²) >= 11 is 2.09. The first-order valence-electron chi connectivity index (χ1n) is 7.10. The number of likely N-dealkylation sites (N-methyl/N-ethyl adjacent to an activating group) is 1. The molecule has 3 unspecified atom stereocenters. The zero-order valence-electron chi connectivity index (χ0n) is 12.0. The minimum Gasteiger partial charge on any atom is -0.329 e. The molecular weight excluding hydrogens is 228 g/mol. The Morgan fingerprint density at radius 2 is 2.18 bits per heavy atom. The van der Waals surface area contributed by atoms with Gasteiger partial charge in [0.25, 0.3) is 0 Å². The quantitative estimate of drug-likeness (QED) is 0.761. The third kappa shape index (κ3) is 3.62. The van der Waals surface area contributed by atoms with E-state index in [-0.39, 0.29) is 5.54 Å². The van der Waals surface area contributed by atoms with E-state index in [1.807, 2.05) is 0 Å². The van der Waals surface area contributed by atoms with E-state index in [2.05, 4.69) is 44.5 Å². The molecule has 0 aromatic rings. The van der Waals surface area contributed by atoms with Gasteiger partial charge in [0.2, 0.25) is 0 Å². The Hall–Kier alpha value is 0.270. The van der Waals surface area contributed by atoms with Crippen molar-refractivity contribution in [2.75, 3.05) is 25.1 Å². The van der Waals surface area contributed by atoms with Gasteiger partial charge in [0.15, 0.2) is 0 Å². The van der Waals surface area contributed by atoms with Crippen LogP contribution >= 0.6 is 11.8 Å². The second kappa shape index (κ2) is 7.01. The predicted molar refractivity (Wildman–Crippen MR) is 79.6 cm³/mol. The Labute approximate surface area is 112 Å². The van der Waals surface area contributed by atoms with Crippen LogP contribution in [0.5, 0.6) is 0 Å². The largest absolute Gasteiger partial charge is 0.329 e. The van der Waals surface area contributed by atoms with Gasteiger partial charge in [-0.3, -0.25) is 4.90 Å². The van der Waals surface area contributed by atoms with Crippen LogP contribution in [0.3, 0.4) is 0 Å². The minimum atomic E-state index is 0.227. The number of nitrogens with two attached hydrogens (primary N) is 1. The molecule has 17 heavy (non-hydrogen) atoms. The lowest BCUT2D eigenvalue weighted by atomic mass is 9.82. The van der Waals surface area contributed by atoms with Crippen molar-refractivity contribution in [3.05, 3.63) is 0 Å². The van der Waals surface area contributed by atoms with Crippen LogP contribution in [0.15, 0.2) is 0 Å². The highest BCUT2D eigenvalue weighted by molar-refractivity contribution is 7.99. The summed E-state index contributed by atoms with van der Waals surface area (Å²) in [6.45, 7) is 7.74. The maximum Gasteiger partial charge on any atom is 0.0331 e. The van der Waals surface area contributed by atoms with E-state index in [9.17, 15) is 0 Å². The maximum absolute atomic E-state index is 6.14. The van der Waals surface area contributed by atoms with Crippen molar-refractivity contribution in [1.29, 1.82) is 0 Å². The normalized spacial score (nSPS) is 26.1. The van der Waals surface area contributed by atoms with E-state index in [1.165, 1.54) is 37.2 Å². The summed E-state index contributed by atoms with van der Waals surface area (Å²) in [6, 6.07) is 0.743. The third-order valence-corrected chi connectivity index (χ3v) is 5.81. The molecule has 3 heteroatoms. The smallest absolute Gasteiger partial charge is 0.0331 e. The summed E-state index contributed by atoms with van der Waals surface area (Å²) < 4.78 is 0. The van der Waals surface area contributed by atoms with Crippen molar-refractivity contribution in [2.45, 2.75) is 58.0 Å². The van der Waals surface area contributed by atoms with Gasteiger partial charge in [0.1, 0.15) is 0 Å². The van der Waals surface area contributed by atoms with Crippen molar-refractivity contribution in [2.24, 2.45) is 11.7 Å². The number of nitrogens with zero attached hydrogens (tertiary/aromatic N) is 1. The second-order valence-corrected chi connectivity index (χ2v) is 6.78. The van der Waals surface area contributed by atoms with Crippen molar-refractivity contribution in [3.63, 3.8) is 0 Å². The highest BCUT2D eigenvalue weighted by Crippen LogP contribution is 2.33. The van der Waals surface area contributed by atoms with E-state index < -0.39 is 0 Å². The fourth-order valence-electron chi connectivity index (χ4n) is 2.92. The molecular formula is C14H30N2S. The zero-order chi connectivity index (χ0) is 12.9. The van der Waals surface area contributed by atoms with E-state index >= 15 is 0 Å². The molecule has 0 aromatic heterocycles. The molecule has 0 radical (unpaired) electrons. The Balaban J connectivity index is 2.73. The molecule has 0 aliphatic carbocycles. The maximum atomic E-state index is 6.14. The standard InChI is InChI=1S/C14H30N2S/c1-5-12(3)9-14(6-2,11-15)16(4)13-7-8-17-10-13/h12-13H,5-11,15H2,1-4H3. The lowest BCUT2D eigenvalue weighted by Crippen LogP contribution is -2.56. The molecule has 0 spiro atoms. The van der Waals surface area contributed by atoms with Crippen molar-refractivity contribution in [1.82, 2.24) is 4.90 Å². The van der Waals surface area contributed by atoms with Crippen LogP contribution in [0.4, 0.5) is 0 Å². The SMILES string of the molecule is CCC(C)CC(CC)(CN)N(C)C1CCSC1. The van der Waals surface area contributed by atoms with Crippen molar-refractivity contribution < 1.29 is 0 Å². The van der Waals surface area contributed by atoms with Crippen LogP contribution in [-0.2, 0) is 0 Å². The first kappa shape index (κ1) is 15.3. The monoisotopic (exact) mass is 258 g/mol. The van der Waals surface area contributed by atoms with Gasteiger partial charge in [0.05, 0.1) is 0 Å². The van der Waals surface area contributed by atoms with E-state index in [4.69, 9.17) is 5.73 Å². The molecule has 1 aliphatic rings. The average Bonchev–Trinajstić information content (AvgIpc) is 2.88. The molecule has 0 aromatic carbocycles. The van der Waals surface area contributed by atoms with Crippen LogP contribution in [0.1, 0.15) is 46.5 Å². The molecule has 1 saturated heterocycles. The van der Waals surface area contributed by atoms with Gasteiger partial charge in [-0.05, 0) is 38.0 Å². The fraction of sp³-hybridized carbons (Fsp3) is 1.00. The first-order valence-corrected chi connectivity index (χ1v) is 8.25. The highest BCUT2D eigenvalue weighted by Gasteiger charge is 2.37. The molecule has 0 amide bonds. The molecule has 2 nitrogen and oxygen atoms in total. The number of thioether (sulfide) groups is 1. The van der Waals surface area contributed by atoms with Crippen LogP contribution < -0.4 is 5.73 Å². The van der Waals surface area contributed by atoms with Gasteiger partial charge < -0.3 is 5.73 Å². The van der Waals surface area contributed by atoms with Crippen molar-refractivity contribution in [3.8, 4) is 0 Å². The molecule has 0 bridgehead atoms. The zero-order valence-corrected chi connectivity index (χ0v) is 12.9. The molecule has 1 heterocycles. The van der Waals surface area contributed by atoms with Gasteiger partial charge in [-0.15, -0.1) is 0 Å². The highest BCUT2D eigenvalue weighted by atomic mass is 32.2. The van der Waals surface area contributed by atoms with E-state index in [0.29, 0.717) is 0 Å². The fourth-order valence-corrected chi connectivity index (χ4v) is 4.18. The number of rotatable bonds is 7. The molecule has 1 aliphatic heterocycles. The molecule has 0 saturated carbocycles. The van der Waals surface area contributed by atoms with Gasteiger partial charge in [-0.25, -0.2) is 0 Å². The summed E-state index contributed by atoms with van der Waals surface area (Å²) in [5.74, 6) is 3.39. The summed E-state index contributed by atoms with van der Waals surface area (Å²) in [5.41, 5.74) is 6.37. The average molecular weight is 258 g/mol. The lowest BCUT2D eigenvalue weighted by molar-refractivity contribution is 0.0606. The summed E-state index contributed by atoms with van der Waals surface area (Å²) in [7, 11) is 2.30. The van der Waals surface area contributed by atoms with Crippen molar-refractivity contribution >= 4 is 11.8 Å². The van der Waals surface area contributed by atoms with Crippen LogP contribution in [0.2, 0.25) is 0 Å². The Morgan fingerprint density at radius 3 is 2.59 bits per heavy atom. The summed E-state index contributed by atoms with van der Waals surface area (Å²) in [6.07, 6.45) is 5.01. The summed E-state index contributed by atoms with van der Waals surface area (Å²) in [5, 5.41) is 0. The van der Waals surface area contributed by atoms with E-state index in [0.717, 1.165) is 18.5 Å². The third-order valence-electron chi connectivity index (χ3n) is 4.66. The predicted octanol–water partition coefficient (Wildman–Crippen LogP) is 2.97. The molecule has 3 atom stereocenters. The topological polar surface area (TPSA) is 29.3 Å². The number of hydrogen-bond acceptors (Lipinski definition) is 3. The summed E-state index contributed by atoms with van der Waals surface area (Å²) in [4.78, 5) is 2.61. The Morgan fingerprint density at radius 1 is 1.47 bits per heavy atom. The second-order valence-electron chi connectivity index (χ2n) is 5.63. The van der Waals surface area contributed by atoms with Gasteiger partial charge in [-0.2, -0.15) is 11.8 Å². The Bertz CT molecular complexity index is 210. The van der Waals surface area contributed by atoms with Gasteiger partial charge in [0, 0.05) is 23.9 Å². The molecule has 1 rings (SSSR count). The van der Waals surface area contributed by atoms with Gasteiger partial charge >= 0.3 is 0 Å². The first-order chi connectivity index (χ1) is 8.09. The van der Waals surface area contributed by atoms with E-state index in [1.54, 1.807) is 0 Å².